The van der Waals surface area contributed by atoms with Gasteiger partial charge in [-0.25, -0.2) is 4.98 Å². The van der Waals surface area contributed by atoms with Crippen LogP contribution >= 0.6 is 0 Å². The molecule has 0 aromatic carbocycles. The van der Waals surface area contributed by atoms with Crippen LogP contribution in [-0.2, 0) is 0 Å². The number of nitrogens with one attached hydrogen (secondary N) is 1. The van der Waals surface area contributed by atoms with Gasteiger partial charge in [-0.2, -0.15) is 4.98 Å². The third-order valence-electron chi connectivity index (χ3n) is 2.22. The molecule has 0 bridgehead atoms. The van der Waals surface area contributed by atoms with Crippen molar-refractivity contribution >= 4 is 17.5 Å². The van der Waals surface area contributed by atoms with Gasteiger partial charge in [0.25, 0.3) is 5.91 Å². The second kappa shape index (κ2) is 5.13. The van der Waals surface area contributed by atoms with E-state index >= 15 is 0 Å². The van der Waals surface area contributed by atoms with Gasteiger partial charge in [0.1, 0.15) is 11.6 Å². The lowest BCUT2D eigenvalue weighted by Gasteiger charge is -2.05. The normalized spacial score (nSPS) is 9.83. The molecule has 0 unspecified atom stereocenters. The van der Waals surface area contributed by atoms with Crippen molar-refractivity contribution in [1.82, 2.24) is 9.97 Å². The second-order valence-electron chi connectivity index (χ2n) is 3.49. The highest BCUT2D eigenvalue weighted by molar-refractivity contribution is 6.03. The van der Waals surface area contributed by atoms with E-state index in [1.54, 1.807) is 30.3 Å². The molecule has 0 saturated carbocycles. The monoisotopic (exact) mass is 244 g/mol. The summed E-state index contributed by atoms with van der Waals surface area (Å²) in [6.45, 7) is 0. The smallest absolute Gasteiger partial charge is 0.258 e. The third-order valence-corrected chi connectivity index (χ3v) is 2.22. The average Bonchev–Trinajstić information content (AvgIpc) is 2.39. The number of ether oxygens (including phenoxy) is 1. The van der Waals surface area contributed by atoms with Crippen molar-refractivity contribution in [2.45, 2.75) is 0 Å². The van der Waals surface area contributed by atoms with Crippen LogP contribution in [0.5, 0.6) is 5.88 Å². The van der Waals surface area contributed by atoms with Crippen LogP contribution in [0.3, 0.4) is 0 Å². The maximum absolute atomic E-state index is 11.9. The first-order valence-electron chi connectivity index (χ1n) is 5.23. The van der Waals surface area contributed by atoms with Crippen molar-refractivity contribution in [3.8, 4) is 5.88 Å². The summed E-state index contributed by atoms with van der Waals surface area (Å²) in [6, 6.07) is 8.26. The van der Waals surface area contributed by atoms with Crippen LogP contribution in [-0.4, -0.2) is 23.0 Å². The highest BCUT2D eigenvalue weighted by Gasteiger charge is 2.07. The molecule has 2 aromatic rings. The predicted molar refractivity (Wildman–Crippen MR) is 67.4 cm³/mol. The molecule has 92 valence electrons. The quantitative estimate of drug-likeness (QED) is 0.849. The van der Waals surface area contributed by atoms with E-state index in [0.29, 0.717) is 23.1 Å². The molecular formula is C12H12N4O2. The lowest BCUT2D eigenvalue weighted by molar-refractivity contribution is 0.102. The van der Waals surface area contributed by atoms with Crippen LogP contribution in [0.25, 0.3) is 0 Å². The zero-order chi connectivity index (χ0) is 13.0. The summed E-state index contributed by atoms with van der Waals surface area (Å²) in [6.07, 6.45) is 1.41. The molecule has 0 atom stereocenters. The summed E-state index contributed by atoms with van der Waals surface area (Å²) in [5.74, 6) is 0.911. The van der Waals surface area contributed by atoms with Gasteiger partial charge in [0.05, 0.1) is 12.7 Å². The van der Waals surface area contributed by atoms with Gasteiger partial charge in [-0.3, -0.25) is 4.79 Å². The van der Waals surface area contributed by atoms with Crippen LogP contribution in [0.1, 0.15) is 10.4 Å². The Kier molecular flexibility index (Phi) is 3.38. The van der Waals surface area contributed by atoms with Gasteiger partial charge in [0.2, 0.25) is 5.88 Å². The highest BCUT2D eigenvalue weighted by atomic mass is 16.5. The molecule has 0 fully saturated rings. The van der Waals surface area contributed by atoms with Gasteiger partial charge < -0.3 is 15.8 Å². The van der Waals surface area contributed by atoms with Gasteiger partial charge in [-0.15, -0.1) is 0 Å². The van der Waals surface area contributed by atoms with Gasteiger partial charge in [-0.1, -0.05) is 6.07 Å². The minimum absolute atomic E-state index is 0.303. The summed E-state index contributed by atoms with van der Waals surface area (Å²) in [4.78, 5) is 19.8. The van der Waals surface area contributed by atoms with E-state index in [4.69, 9.17) is 10.5 Å². The number of rotatable bonds is 3. The van der Waals surface area contributed by atoms with Crippen LogP contribution in [0.15, 0.2) is 36.5 Å². The molecule has 2 aromatic heterocycles. The first kappa shape index (κ1) is 11.8. The van der Waals surface area contributed by atoms with Gasteiger partial charge in [0, 0.05) is 12.3 Å². The Balaban J connectivity index is 2.13. The van der Waals surface area contributed by atoms with Gasteiger partial charge >= 0.3 is 0 Å². The Morgan fingerprint density at radius 3 is 2.83 bits per heavy atom. The van der Waals surface area contributed by atoms with Gasteiger partial charge in [-0.05, 0) is 18.2 Å². The predicted octanol–water partition coefficient (Wildman–Crippen LogP) is 1.32. The van der Waals surface area contributed by atoms with E-state index in [1.807, 2.05) is 0 Å². The van der Waals surface area contributed by atoms with Crippen molar-refractivity contribution in [2.24, 2.45) is 0 Å². The maximum atomic E-state index is 11.9. The first-order valence-corrected chi connectivity index (χ1v) is 5.23. The molecule has 0 aliphatic rings. The molecule has 2 heterocycles. The zero-order valence-electron chi connectivity index (χ0n) is 9.75. The molecule has 0 radical (unpaired) electrons. The number of nitrogens with two attached hydrogens (primary N) is 1. The number of nitrogen functional groups attached to an aromatic ring is 1. The number of aromatic nitrogens is 2. The van der Waals surface area contributed by atoms with E-state index < -0.39 is 0 Å². The Morgan fingerprint density at radius 1 is 1.33 bits per heavy atom. The Hall–Kier alpha value is -2.63. The number of carbonyl (C=O) groups excluding carboxylic acids is 1. The van der Waals surface area contributed by atoms with Crippen molar-refractivity contribution in [3.63, 3.8) is 0 Å². The fourth-order valence-electron chi connectivity index (χ4n) is 1.33. The number of amides is 1. The molecule has 3 N–H and O–H groups in total. The first-order chi connectivity index (χ1) is 8.69. The number of nitrogens with zero attached hydrogens (tertiary/aromatic N) is 2. The van der Waals surface area contributed by atoms with Gasteiger partial charge in [0.15, 0.2) is 0 Å². The number of carbonyl (C=O) groups is 1. The molecule has 6 nitrogen and oxygen atoms in total. The Morgan fingerprint density at radius 2 is 2.17 bits per heavy atom. The van der Waals surface area contributed by atoms with E-state index in [9.17, 15) is 4.79 Å². The van der Waals surface area contributed by atoms with Crippen LogP contribution in [0, 0.1) is 0 Å². The van der Waals surface area contributed by atoms with Crippen molar-refractivity contribution in [2.75, 3.05) is 18.2 Å². The second-order valence-corrected chi connectivity index (χ2v) is 3.49. The Bertz CT molecular complexity index is 554. The van der Waals surface area contributed by atoms with Crippen molar-refractivity contribution in [3.05, 3.63) is 42.1 Å². The summed E-state index contributed by atoms with van der Waals surface area (Å²) in [5.41, 5.74) is 5.86. The molecule has 0 spiro atoms. The zero-order valence-corrected chi connectivity index (χ0v) is 9.75. The number of hydrogen-bond acceptors (Lipinski definition) is 5. The van der Waals surface area contributed by atoms with Crippen molar-refractivity contribution in [1.29, 1.82) is 0 Å². The number of hydrogen-bond donors (Lipinski definition) is 2. The van der Waals surface area contributed by atoms with Crippen LogP contribution < -0.4 is 15.8 Å². The van der Waals surface area contributed by atoms with E-state index in [0.717, 1.165) is 0 Å². The standard InChI is InChI=1S/C12H12N4O2/c1-18-11-4-2-3-10(15-11)16-12(17)8-5-6-9(13)14-7-8/h2-7H,1H3,(H2,13,14)(H,15,16,17). The molecule has 0 aliphatic carbocycles. The lowest BCUT2D eigenvalue weighted by Crippen LogP contribution is -2.13. The molecule has 6 heteroatoms. The fourth-order valence-corrected chi connectivity index (χ4v) is 1.33. The van der Waals surface area contributed by atoms with Crippen LogP contribution in [0.4, 0.5) is 11.6 Å². The fraction of sp³-hybridized carbons (Fsp3) is 0.0833. The van der Waals surface area contributed by atoms with E-state index in [-0.39, 0.29) is 5.91 Å². The van der Waals surface area contributed by atoms with Crippen molar-refractivity contribution < 1.29 is 9.53 Å². The number of methoxy groups -OCH3 is 1. The molecular weight excluding hydrogens is 232 g/mol. The minimum atomic E-state index is -0.303. The maximum Gasteiger partial charge on any atom is 0.258 e. The molecule has 0 aliphatic heterocycles. The molecule has 0 saturated heterocycles. The largest absolute Gasteiger partial charge is 0.481 e. The third kappa shape index (κ3) is 2.73. The van der Waals surface area contributed by atoms with E-state index in [1.165, 1.54) is 13.3 Å². The average molecular weight is 244 g/mol. The minimum Gasteiger partial charge on any atom is -0.481 e. The SMILES string of the molecule is COc1cccc(NC(=O)c2ccc(N)nc2)n1. The number of pyridine rings is 2. The molecule has 1 amide bonds. The molecule has 18 heavy (non-hydrogen) atoms. The molecule has 2 rings (SSSR count). The summed E-state index contributed by atoms with van der Waals surface area (Å²) in [7, 11) is 1.51. The topological polar surface area (TPSA) is 90.1 Å². The Labute approximate surface area is 104 Å². The summed E-state index contributed by atoms with van der Waals surface area (Å²) < 4.78 is 4.97. The van der Waals surface area contributed by atoms with E-state index in [2.05, 4.69) is 15.3 Å². The van der Waals surface area contributed by atoms with Crippen LogP contribution in [0.2, 0.25) is 0 Å². The lowest BCUT2D eigenvalue weighted by atomic mass is 10.2. The highest BCUT2D eigenvalue weighted by Crippen LogP contribution is 2.12. The summed E-state index contributed by atoms with van der Waals surface area (Å²) in [5, 5.41) is 2.64. The summed E-state index contributed by atoms with van der Waals surface area (Å²) >= 11 is 0. The number of anilines is 2.